The summed E-state index contributed by atoms with van der Waals surface area (Å²) in [6, 6.07) is 4.04. The fourth-order valence-corrected chi connectivity index (χ4v) is 2.29. The first kappa shape index (κ1) is 9.54. The van der Waals surface area contributed by atoms with Gasteiger partial charge < -0.3 is 19.8 Å². The van der Waals surface area contributed by atoms with Crippen molar-refractivity contribution >= 4 is 10.9 Å². The van der Waals surface area contributed by atoms with Crippen molar-refractivity contribution in [2.24, 2.45) is 12.8 Å². The first-order chi connectivity index (χ1) is 7.72. The highest BCUT2D eigenvalue weighted by atomic mass is 16.7. The lowest BCUT2D eigenvalue weighted by Gasteiger charge is -2.00. The van der Waals surface area contributed by atoms with E-state index in [1.807, 2.05) is 19.2 Å². The van der Waals surface area contributed by atoms with E-state index in [4.69, 9.17) is 15.2 Å². The molecule has 16 heavy (non-hydrogen) atoms. The van der Waals surface area contributed by atoms with Crippen LogP contribution in [0, 0.1) is 6.92 Å². The molecule has 4 heteroatoms. The fraction of sp³-hybridized carbons (Fsp3) is 0.333. The highest BCUT2D eigenvalue weighted by Crippen LogP contribution is 2.38. The average molecular weight is 218 g/mol. The minimum absolute atomic E-state index is 0.308. The summed E-state index contributed by atoms with van der Waals surface area (Å²) in [7, 11) is 2.04. The van der Waals surface area contributed by atoms with Crippen molar-refractivity contribution in [2.75, 3.05) is 6.79 Å². The van der Waals surface area contributed by atoms with Crippen molar-refractivity contribution in [1.82, 2.24) is 4.57 Å². The van der Waals surface area contributed by atoms with E-state index in [9.17, 15) is 0 Å². The van der Waals surface area contributed by atoms with Gasteiger partial charge in [0, 0.05) is 30.7 Å². The Bertz CT molecular complexity index is 572. The molecule has 2 N–H and O–H groups in total. The number of fused-ring (bicyclic) bond motifs is 2. The summed E-state index contributed by atoms with van der Waals surface area (Å²) < 4.78 is 12.9. The largest absolute Gasteiger partial charge is 0.454 e. The Labute approximate surface area is 93.6 Å². The van der Waals surface area contributed by atoms with E-state index < -0.39 is 0 Å². The maximum absolute atomic E-state index is 5.79. The number of nitrogens with zero attached hydrogens (tertiary/aromatic N) is 1. The zero-order valence-corrected chi connectivity index (χ0v) is 9.41. The van der Waals surface area contributed by atoms with E-state index in [-0.39, 0.29) is 0 Å². The lowest BCUT2D eigenvalue weighted by Crippen LogP contribution is -1.99. The Morgan fingerprint density at radius 3 is 2.69 bits per heavy atom. The lowest BCUT2D eigenvalue weighted by atomic mass is 10.1. The van der Waals surface area contributed by atoms with Gasteiger partial charge in [-0.25, -0.2) is 0 Å². The lowest BCUT2D eigenvalue weighted by molar-refractivity contribution is 0.174. The summed E-state index contributed by atoms with van der Waals surface area (Å²) in [5, 5.41) is 1.16. The first-order valence-corrected chi connectivity index (χ1v) is 5.30. The topological polar surface area (TPSA) is 49.4 Å². The Balaban J connectivity index is 2.39. The number of aromatic nitrogens is 1. The van der Waals surface area contributed by atoms with Crippen molar-refractivity contribution in [3.8, 4) is 11.5 Å². The van der Waals surface area contributed by atoms with Crippen LogP contribution in [0.5, 0.6) is 11.5 Å². The normalized spacial score (nSPS) is 13.7. The molecule has 0 unspecified atom stereocenters. The molecule has 3 rings (SSSR count). The molecule has 0 aliphatic carbocycles. The third-order valence-electron chi connectivity index (χ3n) is 3.32. The quantitative estimate of drug-likeness (QED) is 0.792. The van der Waals surface area contributed by atoms with Crippen LogP contribution in [0.25, 0.3) is 10.9 Å². The second-order valence-corrected chi connectivity index (χ2v) is 4.05. The van der Waals surface area contributed by atoms with Crippen molar-refractivity contribution in [1.29, 1.82) is 0 Å². The predicted octanol–water partition coefficient (Wildman–Crippen LogP) is 1.67. The van der Waals surface area contributed by atoms with E-state index in [1.54, 1.807) is 0 Å². The first-order valence-electron chi connectivity index (χ1n) is 5.30. The van der Waals surface area contributed by atoms with Gasteiger partial charge >= 0.3 is 0 Å². The molecular weight excluding hydrogens is 204 g/mol. The number of benzene rings is 1. The molecule has 84 valence electrons. The van der Waals surface area contributed by atoms with Gasteiger partial charge in [0.25, 0.3) is 0 Å². The average Bonchev–Trinajstić information content (AvgIpc) is 2.82. The van der Waals surface area contributed by atoms with Gasteiger partial charge in [0.2, 0.25) is 6.79 Å². The summed E-state index contributed by atoms with van der Waals surface area (Å²) >= 11 is 0. The molecule has 2 heterocycles. The van der Waals surface area contributed by atoms with Gasteiger partial charge in [-0.2, -0.15) is 0 Å². The van der Waals surface area contributed by atoms with Gasteiger partial charge in [-0.05, 0) is 18.6 Å². The minimum Gasteiger partial charge on any atom is -0.454 e. The summed E-state index contributed by atoms with van der Waals surface area (Å²) in [4.78, 5) is 0. The molecule has 2 aromatic rings. The molecule has 0 saturated heterocycles. The molecule has 0 amide bonds. The molecule has 0 atom stereocenters. The van der Waals surface area contributed by atoms with Gasteiger partial charge in [0.15, 0.2) is 11.5 Å². The summed E-state index contributed by atoms with van der Waals surface area (Å²) in [6.07, 6.45) is 0. The Morgan fingerprint density at radius 2 is 2.00 bits per heavy atom. The van der Waals surface area contributed by atoms with Crippen LogP contribution >= 0.6 is 0 Å². The van der Waals surface area contributed by atoms with Crippen LogP contribution in [0.3, 0.4) is 0 Å². The molecule has 0 saturated carbocycles. The summed E-state index contributed by atoms with van der Waals surface area (Å²) in [5.74, 6) is 1.63. The maximum Gasteiger partial charge on any atom is 0.231 e. The summed E-state index contributed by atoms with van der Waals surface area (Å²) in [6.45, 7) is 2.93. The Morgan fingerprint density at radius 1 is 1.31 bits per heavy atom. The van der Waals surface area contributed by atoms with Gasteiger partial charge in [0.05, 0.1) is 5.52 Å². The number of nitrogens with two attached hydrogens (primary N) is 1. The Hall–Kier alpha value is -1.68. The van der Waals surface area contributed by atoms with E-state index in [1.165, 1.54) is 11.3 Å². The molecule has 0 bridgehead atoms. The van der Waals surface area contributed by atoms with Crippen molar-refractivity contribution < 1.29 is 9.47 Å². The number of aryl methyl sites for hydroxylation is 1. The molecule has 1 aliphatic rings. The second kappa shape index (κ2) is 3.15. The molecule has 1 aromatic carbocycles. The molecule has 1 aliphatic heterocycles. The number of ether oxygens (including phenoxy) is 2. The predicted molar refractivity (Wildman–Crippen MR) is 61.7 cm³/mol. The van der Waals surface area contributed by atoms with Gasteiger partial charge in [0.1, 0.15) is 0 Å². The molecule has 0 radical (unpaired) electrons. The fourth-order valence-electron chi connectivity index (χ4n) is 2.29. The number of hydrogen-bond acceptors (Lipinski definition) is 3. The number of rotatable bonds is 1. The van der Waals surface area contributed by atoms with Crippen LogP contribution in [0.15, 0.2) is 12.1 Å². The molecular formula is C12H14N2O2. The number of hydrogen-bond donors (Lipinski definition) is 1. The van der Waals surface area contributed by atoms with Crippen molar-refractivity contribution in [3.63, 3.8) is 0 Å². The van der Waals surface area contributed by atoms with E-state index >= 15 is 0 Å². The van der Waals surface area contributed by atoms with Gasteiger partial charge in [-0.3, -0.25) is 0 Å². The van der Waals surface area contributed by atoms with E-state index in [2.05, 4.69) is 11.5 Å². The summed E-state index contributed by atoms with van der Waals surface area (Å²) in [5.41, 5.74) is 9.30. The van der Waals surface area contributed by atoms with E-state index in [0.717, 1.165) is 22.4 Å². The molecule has 1 aromatic heterocycles. The van der Waals surface area contributed by atoms with Crippen molar-refractivity contribution in [2.45, 2.75) is 13.5 Å². The molecule has 4 nitrogen and oxygen atoms in total. The highest BCUT2D eigenvalue weighted by Gasteiger charge is 2.18. The van der Waals surface area contributed by atoms with Crippen LogP contribution in [-0.2, 0) is 13.6 Å². The van der Waals surface area contributed by atoms with Crippen LogP contribution in [0.2, 0.25) is 0 Å². The molecule has 0 spiro atoms. The van der Waals surface area contributed by atoms with Gasteiger partial charge in [-0.15, -0.1) is 0 Å². The molecule has 0 fully saturated rings. The zero-order valence-electron chi connectivity index (χ0n) is 9.41. The van der Waals surface area contributed by atoms with Crippen LogP contribution in [0.4, 0.5) is 0 Å². The third-order valence-corrected chi connectivity index (χ3v) is 3.32. The second-order valence-electron chi connectivity index (χ2n) is 4.05. The third kappa shape index (κ3) is 1.08. The van der Waals surface area contributed by atoms with Crippen LogP contribution in [0.1, 0.15) is 11.3 Å². The van der Waals surface area contributed by atoms with Crippen LogP contribution in [-0.4, -0.2) is 11.4 Å². The van der Waals surface area contributed by atoms with Gasteiger partial charge in [-0.1, -0.05) is 0 Å². The highest BCUT2D eigenvalue weighted by molar-refractivity contribution is 5.88. The van der Waals surface area contributed by atoms with E-state index in [0.29, 0.717) is 13.3 Å². The smallest absolute Gasteiger partial charge is 0.231 e. The maximum atomic E-state index is 5.79. The SMILES string of the molecule is Cc1c(CN)c2cc3c(cc2n1C)OCO3. The van der Waals surface area contributed by atoms with Crippen molar-refractivity contribution in [3.05, 3.63) is 23.4 Å². The minimum atomic E-state index is 0.308. The zero-order chi connectivity index (χ0) is 11.3. The van der Waals surface area contributed by atoms with Crippen LogP contribution < -0.4 is 15.2 Å². The standard InChI is InChI=1S/C12H14N2O2/c1-7-9(5-13)8-3-11-12(16-6-15-11)4-10(8)14(7)2/h3-4H,5-6,13H2,1-2H3. The monoisotopic (exact) mass is 218 g/mol. The Kier molecular flexibility index (Phi) is 1.88.